The summed E-state index contributed by atoms with van der Waals surface area (Å²) in [6.07, 6.45) is 48.5. The molecule has 0 radical (unpaired) electrons. The molecule has 0 N–H and O–H groups in total. The summed E-state index contributed by atoms with van der Waals surface area (Å²) in [4.78, 5) is 37.5. The van der Waals surface area contributed by atoms with E-state index in [0.717, 1.165) is 51.4 Å². The molecule has 10 heteroatoms. The highest BCUT2D eigenvalue weighted by atomic mass is 31.2. The van der Waals surface area contributed by atoms with Crippen molar-refractivity contribution in [3.05, 3.63) is 60.8 Å². The maximum Gasteiger partial charge on any atom is 0.306 e. The van der Waals surface area contributed by atoms with Gasteiger partial charge in [0.05, 0.1) is 27.7 Å². The lowest BCUT2D eigenvalue weighted by Gasteiger charge is -2.28. The molecule has 0 aromatic rings. The molecule has 9 nitrogen and oxygen atoms in total. The minimum Gasteiger partial charge on any atom is -0.756 e. The third-order valence-corrected chi connectivity index (χ3v) is 10.5. The number of carbonyl (C=O) groups is 2. The highest BCUT2D eigenvalue weighted by Gasteiger charge is 2.21. The molecule has 58 heavy (non-hydrogen) atoms. The predicted octanol–water partition coefficient (Wildman–Crippen LogP) is 12.6. The summed E-state index contributed by atoms with van der Waals surface area (Å²) in [6, 6.07) is 0. The largest absolute Gasteiger partial charge is 0.756 e. The molecule has 0 saturated heterocycles. The first-order valence-corrected chi connectivity index (χ1v) is 24.5. The number of phosphoric acid groups is 1. The van der Waals surface area contributed by atoms with Crippen molar-refractivity contribution in [2.24, 2.45) is 0 Å². The van der Waals surface area contributed by atoms with E-state index in [1.807, 2.05) is 33.3 Å². The zero-order valence-electron chi connectivity index (χ0n) is 37.7. The van der Waals surface area contributed by atoms with Crippen molar-refractivity contribution in [1.82, 2.24) is 0 Å². The Labute approximate surface area is 356 Å². The van der Waals surface area contributed by atoms with Crippen LogP contribution in [0.15, 0.2) is 60.8 Å². The summed E-state index contributed by atoms with van der Waals surface area (Å²) in [5, 5.41) is 0. The molecule has 0 amide bonds. The fraction of sp³-hybridized carbons (Fsp3) is 0.750. The molecule has 0 aromatic carbocycles. The van der Waals surface area contributed by atoms with Crippen LogP contribution in [0.4, 0.5) is 0 Å². The summed E-state index contributed by atoms with van der Waals surface area (Å²) in [5.74, 6) is -0.933. The number of unbranched alkanes of at least 4 members (excludes halogenated alkanes) is 17. The summed E-state index contributed by atoms with van der Waals surface area (Å²) in [7, 11) is 1.12. The molecule has 0 fully saturated rings. The Morgan fingerprint density at radius 2 is 1.02 bits per heavy atom. The molecule has 0 saturated carbocycles. The van der Waals surface area contributed by atoms with Crippen LogP contribution in [0.25, 0.3) is 0 Å². The fourth-order valence-corrected chi connectivity index (χ4v) is 6.69. The van der Waals surface area contributed by atoms with Gasteiger partial charge < -0.3 is 27.9 Å². The van der Waals surface area contributed by atoms with Gasteiger partial charge in [-0.05, 0) is 64.2 Å². The average molecular weight is 836 g/mol. The summed E-state index contributed by atoms with van der Waals surface area (Å²) in [6.45, 7) is 4.02. The van der Waals surface area contributed by atoms with Gasteiger partial charge in [-0.1, -0.05) is 164 Å². The van der Waals surface area contributed by atoms with E-state index in [1.54, 1.807) is 0 Å². The van der Waals surface area contributed by atoms with E-state index in [0.29, 0.717) is 17.4 Å². The SMILES string of the molecule is CC/C=C\C/C=C\C/C=C\C/C=C\CCC(=O)OC(COC(=O)CCCCCCCCCCC/C=C\CCCCCCCCCC)COP(=O)([O-])OCC[N+](C)(C)C. The smallest absolute Gasteiger partial charge is 0.306 e. The number of esters is 2. The third kappa shape index (κ3) is 43.3. The zero-order chi connectivity index (χ0) is 42.8. The molecule has 0 aliphatic carbocycles. The van der Waals surface area contributed by atoms with Gasteiger partial charge in [0.15, 0.2) is 6.10 Å². The second-order valence-corrected chi connectivity index (χ2v) is 17.8. The van der Waals surface area contributed by atoms with E-state index in [2.05, 4.69) is 62.5 Å². The number of hydrogen-bond donors (Lipinski definition) is 0. The number of ether oxygens (including phenoxy) is 2. The van der Waals surface area contributed by atoms with Gasteiger partial charge in [0.25, 0.3) is 7.82 Å². The van der Waals surface area contributed by atoms with Crippen LogP contribution >= 0.6 is 7.82 Å². The van der Waals surface area contributed by atoms with Gasteiger partial charge >= 0.3 is 11.9 Å². The summed E-state index contributed by atoms with van der Waals surface area (Å²) in [5.41, 5.74) is 0. The number of nitrogens with zero attached hydrogens (tertiary/aromatic N) is 1. The number of likely N-dealkylation sites (N-methyl/N-ethyl adjacent to an activating group) is 1. The van der Waals surface area contributed by atoms with E-state index in [1.165, 1.54) is 96.3 Å². The number of hydrogen-bond acceptors (Lipinski definition) is 8. The monoisotopic (exact) mass is 836 g/mol. The quantitative estimate of drug-likeness (QED) is 0.0197. The van der Waals surface area contributed by atoms with E-state index >= 15 is 0 Å². The molecular formula is C48H86NO8P. The van der Waals surface area contributed by atoms with Crippen molar-refractivity contribution in [3.63, 3.8) is 0 Å². The van der Waals surface area contributed by atoms with Crippen molar-refractivity contribution < 1.29 is 42.1 Å². The maximum absolute atomic E-state index is 12.6. The van der Waals surface area contributed by atoms with Gasteiger partial charge in [0.2, 0.25) is 0 Å². The molecular weight excluding hydrogens is 750 g/mol. The Hall–Kier alpha value is -2.29. The highest BCUT2D eigenvalue weighted by molar-refractivity contribution is 7.45. The second kappa shape index (κ2) is 40.1. The van der Waals surface area contributed by atoms with E-state index in [-0.39, 0.29) is 26.1 Å². The first-order valence-electron chi connectivity index (χ1n) is 23.0. The van der Waals surface area contributed by atoms with Gasteiger partial charge in [0, 0.05) is 12.8 Å². The first-order chi connectivity index (χ1) is 28.0. The van der Waals surface area contributed by atoms with Gasteiger partial charge in [-0.15, -0.1) is 0 Å². The molecule has 2 atom stereocenters. The molecule has 0 heterocycles. The van der Waals surface area contributed by atoms with Crippen LogP contribution < -0.4 is 4.89 Å². The minimum atomic E-state index is -4.65. The van der Waals surface area contributed by atoms with Gasteiger partial charge in [-0.25, -0.2) is 0 Å². The Kier molecular flexibility index (Phi) is 38.5. The topological polar surface area (TPSA) is 111 Å². The van der Waals surface area contributed by atoms with Crippen LogP contribution in [0.2, 0.25) is 0 Å². The Morgan fingerprint density at radius 1 is 0.552 bits per heavy atom. The van der Waals surface area contributed by atoms with E-state index in [9.17, 15) is 19.0 Å². The number of rotatable bonds is 41. The Morgan fingerprint density at radius 3 is 1.53 bits per heavy atom. The van der Waals surface area contributed by atoms with Crippen molar-refractivity contribution >= 4 is 19.8 Å². The molecule has 2 unspecified atom stereocenters. The van der Waals surface area contributed by atoms with Crippen molar-refractivity contribution in [2.45, 2.75) is 187 Å². The van der Waals surface area contributed by atoms with E-state index < -0.39 is 32.5 Å². The third-order valence-electron chi connectivity index (χ3n) is 9.54. The Balaban J connectivity index is 4.33. The standard InChI is InChI=1S/C48H86NO8P/c1-6-8-10-12-14-16-18-20-21-22-23-24-25-26-27-29-30-32-34-36-38-40-47(50)54-44-46(45-56-58(52,53)55-43-42-49(3,4)5)57-48(51)41-39-37-35-33-31-28-19-17-15-13-11-9-7-2/h9,11,15,17,22-23,28,31,35,37,46H,6-8,10,12-14,16,18-21,24-27,29-30,32-34,36,38-45H2,1-5H3/b11-9-,17-15-,23-22-,31-28-,37-35-. The fourth-order valence-electron chi connectivity index (χ4n) is 5.96. The molecule has 0 aliphatic rings. The maximum atomic E-state index is 12.6. The lowest BCUT2D eigenvalue weighted by atomic mass is 10.1. The van der Waals surface area contributed by atoms with Crippen LogP contribution in [0, 0.1) is 0 Å². The molecule has 0 aromatic heterocycles. The van der Waals surface area contributed by atoms with Crippen LogP contribution in [-0.4, -0.2) is 70.0 Å². The lowest BCUT2D eigenvalue weighted by Crippen LogP contribution is -2.37. The number of allylic oxidation sites excluding steroid dienone is 10. The average Bonchev–Trinajstić information content (AvgIpc) is 3.17. The van der Waals surface area contributed by atoms with E-state index in [4.69, 9.17) is 18.5 Å². The van der Waals surface area contributed by atoms with Crippen LogP contribution in [0.1, 0.15) is 181 Å². The molecule has 0 spiro atoms. The molecule has 0 rings (SSSR count). The molecule has 0 bridgehead atoms. The van der Waals surface area contributed by atoms with Crippen molar-refractivity contribution in [3.8, 4) is 0 Å². The van der Waals surface area contributed by atoms with Crippen LogP contribution in [0.5, 0.6) is 0 Å². The van der Waals surface area contributed by atoms with Crippen molar-refractivity contribution in [1.29, 1.82) is 0 Å². The first kappa shape index (κ1) is 55.7. The van der Waals surface area contributed by atoms with Gasteiger partial charge in [-0.2, -0.15) is 0 Å². The second-order valence-electron chi connectivity index (χ2n) is 16.4. The number of quaternary nitrogens is 1. The zero-order valence-corrected chi connectivity index (χ0v) is 38.6. The molecule has 336 valence electrons. The highest BCUT2D eigenvalue weighted by Crippen LogP contribution is 2.38. The van der Waals surface area contributed by atoms with Gasteiger partial charge in [-0.3, -0.25) is 14.2 Å². The number of carbonyl (C=O) groups excluding carboxylic acids is 2. The van der Waals surface area contributed by atoms with Crippen LogP contribution in [0.3, 0.4) is 0 Å². The van der Waals surface area contributed by atoms with Gasteiger partial charge in [0.1, 0.15) is 19.8 Å². The number of phosphoric ester groups is 1. The predicted molar refractivity (Wildman–Crippen MR) is 240 cm³/mol. The van der Waals surface area contributed by atoms with Crippen molar-refractivity contribution in [2.75, 3.05) is 47.5 Å². The van der Waals surface area contributed by atoms with Crippen LogP contribution in [-0.2, 0) is 32.7 Å². The molecule has 0 aliphatic heterocycles. The lowest BCUT2D eigenvalue weighted by molar-refractivity contribution is -0.870. The normalized spacial score (nSPS) is 14.1. The Bertz CT molecular complexity index is 1170. The summed E-state index contributed by atoms with van der Waals surface area (Å²) < 4.78 is 33.8. The summed E-state index contributed by atoms with van der Waals surface area (Å²) >= 11 is 0. The minimum absolute atomic E-state index is 0.0457.